The SMILES string of the molecule is CC[S@@](=N)(=O)c1ccc(Cl)cc1. The van der Waals surface area contributed by atoms with Gasteiger partial charge in [-0.05, 0) is 24.3 Å². The zero-order valence-corrected chi connectivity index (χ0v) is 8.28. The number of hydrogen-bond donors (Lipinski definition) is 1. The maximum absolute atomic E-state index is 11.5. The van der Waals surface area contributed by atoms with Crippen LogP contribution in [0.4, 0.5) is 0 Å². The summed E-state index contributed by atoms with van der Waals surface area (Å²) in [5.74, 6) is 0.342. The van der Waals surface area contributed by atoms with E-state index in [0.717, 1.165) is 0 Å². The molecule has 0 fully saturated rings. The van der Waals surface area contributed by atoms with Gasteiger partial charge in [-0.2, -0.15) is 0 Å². The van der Waals surface area contributed by atoms with Gasteiger partial charge >= 0.3 is 0 Å². The quantitative estimate of drug-likeness (QED) is 0.789. The summed E-state index contributed by atoms with van der Waals surface area (Å²) < 4.78 is 19.0. The third-order valence-electron chi connectivity index (χ3n) is 1.60. The van der Waals surface area contributed by atoms with Gasteiger partial charge in [0.15, 0.2) is 0 Å². The molecule has 0 unspecified atom stereocenters. The molecule has 0 aliphatic carbocycles. The Morgan fingerprint density at radius 3 is 2.33 bits per heavy atom. The van der Waals surface area contributed by atoms with Gasteiger partial charge in [0.1, 0.15) is 0 Å². The molecule has 66 valence electrons. The minimum absolute atomic E-state index is 0.342. The van der Waals surface area contributed by atoms with Gasteiger partial charge < -0.3 is 0 Å². The Bertz CT molecular complexity index is 355. The van der Waals surface area contributed by atoms with E-state index in [1.807, 2.05) is 0 Å². The fourth-order valence-corrected chi connectivity index (χ4v) is 1.86. The molecule has 1 atom stereocenters. The standard InChI is InChI=1S/C8H10ClNOS/c1-2-12(10,11)8-5-3-7(9)4-6-8/h3-6,10H,2H2,1H3/t12-/m1/s1. The second kappa shape index (κ2) is 3.46. The predicted molar refractivity (Wildman–Crippen MR) is 51.1 cm³/mol. The van der Waals surface area contributed by atoms with Crippen molar-refractivity contribution >= 4 is 21.3 Å². The predicted octanol–water partition coefficient (Wildman–Crippen LogP) is 2.77. The van der Waals surface area contributed by atoms with E-state index in [9.17, 15) is 4.21 Å². The molecular weight excluding hydrogens is 194 g/mol. The van der Waals surface area contributed by atoms with Crippen LogP contribution in [0.1, 0.15) is 6.92 Å². The summed E-state index contributed by atoms with van der Waals surface area (Å²) in [6, 6.07) is 6.59. The highest BCUT2D eigenvalue weighted by atomic mass is 35.5. The number of benzene rings is 1. The number of halogens is 1. The van der Waals surface area contributed by atoms with Crippen LogP contribution in [0, 0.1) is 4.78 Å². The minimum atomic E-state index is -2.57. The molecule has 0 aliphatic rings. The van der Waals surface area contributed by atoms with Gasteiger partial charge in [-0.3, -0.25) is 0 Å². The highest BCUT2D eigenvalue weighted by Crippen LogP contribution is 2.15. The number of hydrogen-bond acceptors (Lipinski definition) is 2. The molecule has 0 heterocycles. The van der Waals surface area contributed by atoms with Gasteiger partial charge in [0.05, 0.1) is 9.73 Å². The Kier molecular flexibility index (Phi) is 2.75. The van der Waals surface area contributed by atoms with Crippen molar-refractivity contribution in [2.24, 2.45) is 0 Å². The third-order valence-corrected chi connectivity index (χ3v) is 3.70. The summed E-state index contributed by atoms with van der Waals surface area (Å²) in [6.45, 7) is 1.74. The van der Waals surface area contributed by atoms with Crippen molar-refractivity contribution < 1.29 is 4.21 Å². The largest absolute Gasteiger partial charge is 0.249 e. The number of rotatable bonds is 2. The molecule has 0 saturated carbocycles. The molecule has 0 radical (unpaired) electrons. The normalized spacial score (nSPS) is 15.5. The lowest BCUT2D eigenvalue weighted by Gasteiger charge is -2.03. The van der Waals surface area contributed by atoms with Crippen LogP contribution in [0.5, 0.6) is 0 Å². The molecule has 1 rings (SSSR count). The van der Waals surface area contributed by atoms with Gasteiger partial charge in [0.25, 0.3) is 0 Å². The lowest BCUT2D eigenvalue weighted by Crippen LogP contribution is -2.00. The maximum Gasteiger partial charge on any atom is 0.0723 e. The average molecular weight is 204 g/mol. The Labute approximate surface area is 77.5 Å². The molecule has 0 saturated heterocycles. The Balaban J connectivity index is 3.14. The molecule has 0 spiro atoms. The zero-order valence-electron chi connectivity index (χ0n) is 6.71. The lowest BCUT2D eigenvalue weighted by molar-refractivity contribution is 0.675. The minimum Gasteiger partial charge on any atom is -0.249 e. The van der Waals surface area contributed by atoms with Crippen molar-refractivity contribution in [1.29, 1.82) is 4.78 Å². The molecule has 12 heavy (non-hydrogen) atoms. The summed E-state index contributed by atoms with van der Waals surface area (Å²) in [4.78, 5) is 0.550. The van der Waals surface area contributed by atoms with E-state index in [-0.39, 0.29) is 0 Å². The first-order valence-corrected chi connectivity index (χ1v) is 5.69. The monoisotopic (exact) mass is 203 g/mol. The van der Waals surface area contributed by atoms with E-state index in [1.54, 1.807) is 31.2 Å². The van der Waals surface area contributed by atoms with Crippen molar-refractivity contribution in [3.8, 4) is 0 Å². The second-order valence-corrected chi connectivity index (χ2v) is 5.25. The Morgan fingerprint density at radius 1 is 1.42 bits per heavy atom. The molecule has 1 N–H and O–H groups in total. The highest BCUT2D eigenvalue weighted by molar-refractivity contribution is 7.92. The second-order valence-electron chi connectivity index (χ2n) is 2.42. The van der Waals surface area contributed by atoms with E-state index in [4.69, 9.17) is 16.4 Å². The Morgan fingerprint density at radius 2 is 1.92 bits per heavy atom. The third kappa shape index (κ3) is 1.99. The zero-order chi connectivity index (χ0) is 9.19. The topological polar surface area (TPSA) is 40.9 Å². The smallest absolute Gasteiger partial charge is 0.0723 e. The molecule has 0 aromatic heterocycles. The molecule has 0 aliphatic heterocycles. The van der Waals surface area contributed by atoms with Gasteiger partial charge in [0, 0.05) is 15.7 Å². The fraction of sp³-hybridized carbons (Fsp3) is 0.250. The van der Waals surface area contributed by atoms with Crippen molar-refractivity contribution in [2.75, 3.05) is 5.75 Å². The van der Waals surface area contributed by atoms with Crippen LogP contribution >= 0.6 is 11.6 Å². The first-order chi connectivity index (χ1) is 5.56. The van der Waals surface area contributed by atoms with Crippen LogP contribution in [-0.2, 0) is 9.73 Å². The van der Waals surface area contributed by atoms with Crippen LogP contribution < -0.4 is 0 Å². The highest BCUT2D eigenvalue weighted by Gasteiger charge is 2.05. The Hall–Kier alpha value is -0.540. The summed E-state index contributed by atoms with van der Waals surface area (Å²) in [6.07, 6.45) is 0. The summed E-state index contributed by atoms with van der Waals surface area (Å²) in [5.41, 5.74) is 0. The molecule has 1 aromatic rings. The van der Waals surface area contributed by atoms with Gasteiger partial charge in [0.2, 0.25) is 0 Å². The number of nitrogens with one attached hydrogen (secondary N) is 1. The van der Waals surface area contributed by atoms with Crippen LogP contribution in [-0.4, -0.2) is 9.96 Å². The molecule has 0 amide bonds. The molecule has 2 nitrogen and oxygen atoms in total. The van der Waals surface area contributed by atoms with Crippen molar-refractivity contribution in [3.63, 3.8) is 0 Å². The summed E-state index contributed by atoms with van der Waals surface area (Å²) in [7, 11) is -2.57. The van der Waals surface area contributed by atoms with Crippen LogP contribution in [0.2, 0.25) is 5.02 Å². The van der Waals surface area contributed by atoms with Crippen molar-refractivity contribution in [3.05, 3.63) is 29.3 Å². The van der Waals surface area contributed by atoms with Crippen LogP contribution in [0.3, 0.4) is 0 Å². The molecular formula is C8H10ClNOS. The van der Waals surface area contributed by atoms with Gasteiger partial charge in [-0.15, -0.1) is 0 Å². The molecule has 0 bridgehead atoms. The van der Waals surface area contributed by atoms with E-state index in [1.165, 1.54) is 0 Å². The average Bonchev–Trinajstić information content (AvgIpc) is 2.05. The first kappa shape index (κ1) is 9.55. The maximum atomic E-state index is 11.5. The van der Waals surface area contributed by atoms with Crippen molar-refractivity contribution in [2.45, 2.75) is 11.8 Å². The molecule has 4 heteroatoms. The van der Waals surface area contributed by atoms with E-state index in [2.05, 4.69) is 0 Å². The van der Waals surface area contributed by atoms with E-state index in [0.29, 0.717) is 15.7 Å². The van der Waals surface area contributed by atoms with E-state index < -0.39 is 9.73 Å². The van der Waals surface area contributed by atoms with Crippen LogP contribution in [0.25, 0.3) is 0 Å². The molecule has 1 aromatic carbocycles. The first-order valence-electron chi connectivity index (χ1n) is 3.58. The van der Waals surface area contributed by atoms with Gasteiger partial charge in [-0.25, -0.2) is 8.99 Å². The van der Waals surface area contributed by atoms with Crippen molar-refractivity contribution in [1.82, 2.24) is 0 Å². The van der Waals surface area contributed by atoms with Crippen LogP contribution in [0.15, 0.2) is 29.2 Å². The van der Waals surface area contributed by atoms with E-state index >= 15 is 0 Å². The summed E-state index contributed by atoms with van der Waals surface area (Å²) >= 11 is 5.65. The summed E-state index contributed by atoms with van der Waals surface area (Å²) in [5, 5.41) is 0.602. The lowest BCUT2D eigenvalue weighted by atomic mass is 10.4. The van der Waals surface area contributed by atoms with Gasteiger partial charge in [-0.1, -0.05) is 18.5 Å². The fourth-order valence-electron chi connectivity index (χ4n) is 0.821.